The first-order valence-electron chi connectivity index (χ1n) is 7.56. The van der Waals surface area contributed by atoms with Gasteiger partial charge in [-0.2, -0.15) is 0 Å². The Morgan fingerprint density at radius 2 is 2.00 bits per heavy atom. The lowest BCUT2D eigenvalue weighted by molar-refractivity contribution is -0.138. The summed E-state index contributed by atoms with van der Waals surface area (Å²) in [5.74, 6) is 0.323. The molecule has 23 heavy (non-hydrogen) atoms. The van der Waals surface area contributed by atoms with Crippen molar-refractivity contribution in [3.05, 3.63) is 46.9 Å². The summed E-state index contributed by atoms with van der Waals surface area (Å²) in [5, 5.41) is 13.2. The van der Waals surface area contributed by atoms with E-state index in [1.54, 1.807) is 13.0 Å². The number of carbonyl (C=O) groups is 1. The number of carbonyl (C=O) groups excluding carboxylic acids is 1. The van der Waals surface area contributed by atoms with Gasteiger partial charge in [-0.1, -0.05) is 26.8 Å². The first-order chi connectivity index (χ1) is 10.6. The van der Waals surface area contributed by atoms with Crippen LogP contribution in [0.25, 0.3) is 0 Å². The molecule has 0 fully saturated rings. The van der Waals surface area contributed by atoms with Crippen molar-refractivity contribution < 1.29 is 19.4 Å². The molecule has 122 valence electrons. The van der Waals surface area contributed by atoms with Crippen LogP contribution in [0.5, 0.6) is 5.75 Å². The predicted molar refractivity (Wildman–Crippen MR) is 87.3 cm³/mol. The number of cyclic esters (lactones) is 1. The number of allylic oxidation sites excluding steroid dienone is 2. The van der Waals surface area contributed by atoms with Gasteiger partial charge in [0, 0.05) is 6.08 Å². The fraction of sp³-hybridized carbons (Fsp3) is 0.389. The third kappa shape index (κ3) is 2.46. The van der Waals surface area contributed by atoms with E-state index in [9.17, 15) is 9.90 Å². The Labute approximate surface area is 135 Å². The molecule has 1 aromatic carbocycles. The number of hydrogen-bond donors (Lipinski definition) is 2. The first kappa shape index (κ1) is 15.5. The Morgan fingerprint density at radius 3 is 2.61 bits per heavy atom. The number of benzene rings is 1. The number of aliphatic hydroxyl groups is 1. The molecule has 0 radical (unpaired) electrons. The zero-order valence-electron chi connectivity index (χ0n) is 14.0. The van der Waals surface area contributed by atoms with Crippen molar-refractivity contribution >= 4 is 11.7 Å². The van der Waals surface area contributed by atoms with Gasteiger partial charge in [0.15, 0.2) is 0 Å². The van der Waals surface area contributed by atoms with Crippen LogP contribution in [0.4, 0.5) is 5.69 Å². The molecule has 1 spiro atoms. The van der Waals surface area contributed by atoms with E-state index in [4.69, 9.17) is 9.47 Å². The van der Waals surface area contributed by atoms with Crippen LogP contribution in [0.1, 0.15) is 40.2 Å². The summed E-state index contributed by atoms with van der Waals surface area (Å²) in [5.41, 5.74) is 0.771. The summed E-state index contributed by atoms with van der Waals surface area (Å²) in [4.78, 5) is 12.2. The lowest BCUT2D eigenvalue weighted by atomic mass is 9.87. The average molecular weight is 315 g/mol. The van der Waals surface area contributed by atoms with Crippen LogP contribution in [0.3, 0.4) is 0 Å². The van der Waals surface area contributed by atoms with Crippen LogP contribution >= 0.6 is 0 Å². The second-order valence-corrected chi connectivity index (χ2v) is 7.03. The number of fused-ring (bicyclic) bond motifs is 1. The van der Waals surface area contributed by atoms with Crippen molar-refractivity contribution in [2.45, 2.75) is 45.8 Å². The molecule has 3 rings (SSSR count). The zero-order chi connectivity index (χ0) is 17.0. The molecule has 2 heterocycles. The highest BCUT2D eigenvalue weighted by atomic mass is 16.6. The molecule has 1 unspecified atom stereocenters. The molecular formula is C18H21NO4. The topological polar surface area (TPSA) is 67.8 Å². The van der Waals surface area contributed by atoms with Crippen molar-refractivity contribution in [1.82, 2.24) is 0 Å². The van der Waals surface area contributed by atoms with Gasteiger partial charge in [-0.15, -0.1) is 0 Å². The number of ether oxygens (including phenoxy) is 2. The summed E-state index contributed by atoms with van der Waals surface area (Å²) < 4.78 is 11.1. The molecule has 0 saturated carbocycles. The van der Waals surface area contributed by atoms with Crippen molar-refractivity contribution in [2.75, 3.05) is 5.32 Å². The summed E-state index contributed by atoms with van der Waals surface area (Å²) in [6, 6.07) is 5.90. The lowest BCUT2D eigenvalue weighted by Crippen LogP contribution is -2.47. The highest BCUT2D eigenvalue weighted by Gasteiger charge is 2.49. The van der Waals surface area contributed by atoms with Gasteiger partial charge in [0.05, 0.1) is 5.69 Å². The molecule has 1 atom stereocenters. The van der Waals surface area contributed by atoms with Crippen LogP contribution < -0.4 is 10.1 Å². The highest BCUT2D eigenvalue weighted by Crippen LogP contribution is 2.45. The summed E-state index contributed by atoms with van der Waals surface area (Å²) in [6.45, 7) is 9.52. The molecule has 5 nitrogen and oxygen atoms in total. The highest BCUT2D eigenvalue weighted by molar-refractivity contribution is 5.95. The fourth-order valence-corrected chi connectivity index (χ4v) is 2.91. The van der Waals surface area contributed by atoms with Gasteiger partial charge in [0.25, 0.3) is 0 Å². The van der Waals surface area contributed by atoms with Crippen molar-refractivity contribution in [3.63, 3.8) is 0 Å². The Morgan fingerprint density at radius 1 is 1.30 bits per heavy atom. The molecule has 2 aliphatic heterocycles. The van der Waals surface area contributed by atoms with E-state index in [0.717, 1.165) is 11.3 Å². The maximum Gasteiger partial charge on any atom is 0.349 e. The number of aliphatic hydroxyl groups excluding tert-OH is 1. The second-order valence-electron chi connectivity index (χ2n) is 7.03. The molecule has 0 amide bonds. The van der Waals surface area contributed by atoms with E-state index in [1.807, 2.05) is 18.2 Å². The quantitative estimate of drug-likeness (QED) is 0.433. The third-order valence-corrected chi connectivity index (χ3v) is 4.03. The van der Waals surface area contributed by atoms with E-state index >= 15 is 0 Å². The Kier molecular flexibility index (Phi) is 3.21. The molecular weight excluding hydrogens is 294 g/mol. The number of nitrogens with one attached hydrogen (secondary N) is 1. The van der Waals surface area contributed by atoms with Crippen LogP contribution in [0, 0.1) is 0 Å². The van der Waals surface area contributed by atoms with Gasteiger partial charge in [-0.3, -0.25) is 0 Å². The maximum absolute atomic E-state index is 12.2. The molecule has 0 aromatic heterocycles. The fourth-order valence-electron chi connectivity index (χ4n) is 2.91. The van der Waals surface area contributed by atoms with E-state index in [1.165, 1.54) is 6.92 Å². The van der Waals surface area contributed by atoms with Crippen LogP contribution in [-0.2, 0) is 14.9 Å². The minimum absolute atomic E-state index is 0.00468. The van der Waals surface area contributed by atoms with Gasteiger partial charge in [0.1, 0.15) is 22.8 Å². The van der Waals surface area contributed by atoms with Crippen LogP contribution in [0.15, 0.2) is 41.4 Å². The molecule has 0 bridgehead atoms. The number of esters is 1. The third-order valence-electron chi connectivity index (χ3n) is 4.03. The van der Waals surface area contributed by atoms with Gasteiger partial charge >= 0.3 is 5.97 Å². The van der Waals surface area contributed by atoms with Crippen molar-refractivity contribution in [1.29, 1.82) is 0 Å². The smallest absolute Gasteiger partial charge is 0.349 e. The predicted octanol–water partition coefficient (Wildman–Crippen LogP) is 3.78. The Hall–Kier alpha value is -2.43. The largest absolute Gasteiger partial charge is 0.512 e. The van der Waals surface area contributed by atoms with Gasteiger partial charge in [0.2, 0.25) is 5.72 Å². The minimum atomic E-state index is -1.23. The summed E-state index contributed by atoms with van der Waals surface area (Å²) >= 11 is 0. The van der Waals surface area contributed by atoms with Crippen molar-refractivity contribution in [3.8, 4) is 5.75 Å². The van der Waals surface area contributed by atoms with Crippen molar-refractivity contribution in [2.24, 2.45) is 0 Å². The minimum Gasteiger partial charge on any atom is -0.512 e. The van der Waals surface area contributed by atoms with Gasteiger partial charge < -0.3 is 19.9 Å². The lowest BCUT2D eigenvalue weighted by Gasteiger charge is -2.31. The molecule has 0 aliphatic carbocycles. The standard InChI is InChI=1S/C18H21NO4/c1-10-9-18(15(11(2)20)16(21)22-10)19-13-8-12(17(3,4)5)6-7-14(13)23-18/h6-9,19-20H,1-5H3/b15-11-. The Bertz CT molecular complexity index is 751. The molecule has 5 heteroatoms. The van der Waals surface area contributed by atoms with E-state index < -0.39 is 11.7 Å². The average Bonchev–Trinajstić information content (AvgIpc) is 2.72. The molecule has 2 N–H and O–H groups in total. The maximum atomic E-state index is 12.2. The molecule has 0 saturated heterocycles. The number of hydrogen-bond acceptors (Lipinski definition) is 5. The van der Waals surface area contributed by atoms with Gasteiger partial charge in [-0.05, 0) is 37.0 Å². The van der Waals surface area contributed by atoms with Crippen LogP contribution in [-0.4, -0.2) is 16.8 Å². The first-order valence-corrected chi connectivity index (χ1v) is 7.56. The number of anilines is 1. The van der Waals surface area contributed by atoms with Crippen LogP contribution in [0.2, 0.25) is 0 Å². The summed E-state index contributed by atoms with van der Waals surface area (Å²) in [6.07, 6.45) is 1.67. The van der Waals surface area contributed by atoms with E-state index in [-0.39, 0.29) is 16.7 Å². The monoisotopic (exact) mass is 315 g/mol. The second kappa shape index (κ2) is 4.78. The summed E-state index contributed by atoms with van der Waals surface area (Å²) in [7, 11) is 0. The molecule has 1 aromatic rings. The number of rotatable bonds is 0. The van der Waals surface area contributed by atoms with E-state index in [2.05, 4.69) is 26.1 Å². The molecule has 2 aliphatic rings. The SMILES string of the molecule is CC1=CC2(Nc3cc(C(C)(C)C)ccc3O2)/C(=C(/C)O)C(=O)O1. The van der Waals surface area contributed by atoms with Gasteiger partial charge in [-0.25, -0.2) is 4.79 Å². The zero-order valence-corrected chi connectivity index (χ0v) is 14.0. The normalized spacial score (nSPS) is 25.3. The van der Waals surface area contributed by atoms with E-state index in [0.29, 0.717) is 11.5 Å². The Balaban J connectivity index is 2.10.